The quantitative estimate of drug-likeness (QED) is 0.382. The van der Waals surface area contributed by atoms with Crippen molar-refractivity contribution in [2.24, 2.45) is 0 Å². The van der Waals surface area contributed by atoms with Gasteiger partial charge in [-0.2, -0.15) is 0 Å². The van der Waals surface area contributed by atoms with Crippen LogP contribution in [0.3, 0.4) is 0 Å². The number of hydrogen-bond donors (Lipinski definition) is 1. The van der Waals surface area contributed by atoms with Gasteiger partial charge in [-0.05, 0) is 56.2 Å². The number of ether oxygens (including phenoxy) is 1. The first-order chi connectivity index (χ1) is 15.3. The number of para-hydroxylation sites is 1. The average Bonchev–Trinajstić information content (AvgIpc) is 3.03. The Kier molecular flexibility index (Phi) is 7.36. The number of carbonyl (C=O) groups excluding carboxylic acids is 2. The average molecular weight is 437 g/mol. The summed E-state index contributed by atoms with van der Waals surface area (Å²) in [4.78, 5) is 29.8. The minimum atomic E-state index is -0.670. The summed E-state index contributed by atoms with van der Waals surface area (Å²) < 4.78 is 5.38. The molecule has 1 heterocycles. The van der Waals surface area contributed by atoms with Crippen LogP contribution < -0.4 is 4.74 Å². The molecule has 0 saturated carbocycles. The first-order valence-corrected chi connectivity index (χ1v) is 10.9. The summed E-state index contributed by atoms with van der Waals surface area (Å²) in [5.41, 5.74) is 2.46. The van der Waals surface area contributed by atoms with Crippen LogP contribution in [0.1, 0.15) is 48.9 Å². The molecule has 2 aromatic carbocycles. The fourth-order valence-electron chi connectivity index (χ4n) is 4.06. The molecule has 1 aliphatic heterocycles. The molecule has 1 aliphatic rings. The Balaban J connectivity index is 2.12. The lowest BCUT2D eigenvalue weighted by Gasteiger charge is -2.26. The van der Waals surface area contributed by atoms with Crippen LogP contribution in [0.2, 0.25) is 0 Å². The molecule has 0 aromatic heterocycles. The van der Waals surface area contributed by atoms with E-state index in [1.54, 1.807) is 29.2 Å². The Bertz CT molecular complexity index is 1010. The number of methoxy groups -OCH3 is 1. The van der Waals surface area contributed by atoms with Crippen molar-refractivity contribution in [1.29, 1.82) is 0 Å². The fourth-order valence-corrected chi connectivity index (χ4v) is 4.06. The van der Waals surface area contributed by atoms with E-state index in [-0.39, 0.29) is 11.3 Å². The van der Waals surface area contributed by atoms with Gasteiger partial charge in [0.05, 0.1) is 24.3 Å². The fraction of sp³-hybridized carbons (Fsp3) is 0.385. The number of nitrogens with zero attached hydrogens (tertiary/aromatic N) is 2. The Morgan fingerprint density at radius 3 is 2.34 bits per heavy atom. The topological polar surface area (TPSA) is 70.1 Å². The van der Waals surface area contributed by atoms with Gasteiger partial charge in [0.1, 0.15) is 11.5 Å². The van der Waals surface area contributed by atoms with Crippen molar-refractivity contribution in [2.45, 2.75) is 32.2 Å². The number of aliphatic hydroxyl groups is 1. The first-order valence-electron chi connectivity index (χ1n) is 10.9. The normalized spacial score (nSPS) is 18.1. The van der Waals surface area contributed by atoms with Crippen LogP contribution >= 0.6 is 0 Å². The summed E-state index contributed by atoms with van der Waals surface area (Å²) in [7, 11) is 5.45. The van der Waals surface area contributed by atoms with E-state index in [0.29, 0.717) is 23.8 Å². The van der Waals surface area contributed by atoms with Crippen LogP contribution in [0.15, 0.2) is 54.1 Å². The van der Waals surface area contributed by atoms with Gasteiger partial charge in [-0.15, -0.1) is 0 Å². The number of hydrogen-bond acceptors (Lipinski definition) is 5. The van der Waals surface area contributed by atoms with Crippen molar-refractivity contribution < 1.29 is 19.4 Å². The first kappa shape index (κ1) is 23.5. The molecule has 1 saturated heterocycles. The predicted molar refractivity (Wildman–Crippen MR) is 126 cm³/mol. The zero-order valence-corrected chi connectivity index (χ0v) is 19.5. The van der Waals surface area contributed by atoms with Gasteiger partial charge >= 0.3 is 0 Å². The number of benzene rings is 2. The maximum atomic E-state index is 13.1. The highest BCUT2D eigenvalue weighted by Gasteiger charge is 2.46. The van der Waals surface area contributed by atoms with E-state index in [4.69, 9.17) is 4.74 Å². The Labute approximate surface area is 190 Å². The summed E-state index contributed by atoms with van der Waals surface area (Å²) in [6.45, 7) is 5.44. The molecule has 32 heavy (non-hydrogen) atoms. The minimum absolute atomic E-state index is 0.0988. The van der Waals surface area contributed by atoms with Crippen LogP contribution in [-0.2, 0) is 9.59 Å². The van der Waals surface area contributed by atoms with Crippen LogP contribution in [0, 0.1) is 0 Å². The van der Waals surface area contributed by atoms with Gasteiger partial charge in [0, 0.05) is 6.54 Å². The smallest absolute Gasteiger partial charge is 0.295 e. The van der Waals surface area contributed by atoms with E-state index >= 15 is 0 Å². The molecule has 1 atom stereocenters. The van der Waals surface area contributed by atoms with Crippen LogP contribution in [0.25, 0.3) is 5.76 Å². The molecule has 0 bridgehead atoms. The van der Waals surface area contributed by atoms with E-state index in [2.05, 4.69) is 13.8 Å². The molecule has 3 rings (SSSR count). The van der Waals surface area contributed by atoms with Crippen molar-refractivity contribution in [3.63, 3.8) is 0 Å². The van der Waals surface area contributed by atoms with Gasteiger partial charge < -0.3 is 19.6 Å². The second-order valence-corrected chi connectivity index (χ2v) is 8.67. The Morgan fingerprint density at radius 1 is 1.09 bits per heavy atom. The number of aliphatic hydroxyl groups excluding tert-OH is 1. The number of ketones is 1. The van der Waals surface area contributed by atoms with Crippen molar-refractivity contribution in [3.8, 4) is 5.75 Å². The van der Waals surface area contributed by atoms with Gasteiger partial charge in [-0.1, -0.05) is 50.2 Å². The van der Waals surface area contributed by atoms with E-state index in [1.807, 2.05) is 43.3 Å². The van der Waals surface area contributed by atoms with E-state index in [0.717, 1.165) is 18.5 Å². The highest BCUT2D eigenvalue weighted by Crippen LogP contribution is 2.41. The van der Waals surface area contributed by atoms with Gasteiger partial charge in [-0.3, -0.25) is 9.59 Å². The molecule has 1 amide bonds. The Morgan fingerprint density at radius 2 is 1.75 bits per heavy atom. The van der Waals surface area contributed by atoms with Gasteiger partial charge in [0.2, 0.25) is 0 Å². The number of rotatable bonds is 8. The van der Waals surface area contributed by atoms with Crippen LogP contribution in [-0.4, -0.2) is 60.9 Å². The summed E-state index contributed by atoms with van der Waals surface area (Å²) in [5.74, 6) is -0.662. The molecule has 0 radical (unpaired) electrons. The number of amides is 1. The van der Waals surface area contributed by atoms with Crippen LogP contribution in [0.4, 0.5) is 0 Å². The molecule has 1 unspecified atom stereocenters. The highest BCUT2D eigenvalue weighted by molar-refractivity contribution is 6.46. The zero-order chi connectivity index (χ0) is 23.4. The third-order valence-electron chi connectivity index (χ3n) is 5.83. The van der Waals surface area contributed by atoms with Crippen molar-refractivity contribution in [1.82, 2.24) is 9.80 Å². The summed E-state index contributed by atoms with van der Waals surface area (Å²) >= 11 is 0. The maximum Gasteiger partial charge on any atom is 0.295 e. The van der Waals surface area contributed by atoms with Crippen molar-refractivity contribution in [3.05, 3.63) is 70.8 Å². The van der Waals surface area contributed by atoms with Gasteiger partial charge in [0.15, 0.2) is 0 Å². The lowest BCUT2D eigenvalue weighted by atomic mass is 9.93. The van der Waals surface area contributed by atoms with Crippen molar-refractivity contribution >= 4 is 17.4 Å². The monoisotopic (exact) mass is 436 g/mol. The van der Waals surface area contributed by atoms with Gasteiger partial charge in [0.25, 0.3) is 11.7 Å². The maximum absolute atomic E-state index is 13.1. The number of carbonyl (C=O) groups is 2. The number of Topliss-reactive ketones (excluding diaryl/α,β-unsaturated/α-hetero) is 1. The zero-order valence-electron chi connectivity index (χ0n) is 19.5. The molecule has 6 nitrogen and oxygen atoms in total. The molecule has 6 heteroatoms. The molecule has 1 N–H and O–H groups in total. The van der Waals surface area contributed by atoms with Crippen molar-refractivity contribution in [2.75, 3.05) is 34.3 Å². The lowest BCUT2D eigenvalue weighted by molar-refractivity contribution is -0.139. The molecule has 2 aromatic rings. The minimum Gasteiger partial charge on any atom is -0.507 e. The van der Waals surface area contributed by atoms with E-state index < -0.39 is 17.7 Å². The summed E-state index contributed by atoms with van der Waals surface area (Å²) in [5, 5.41) is 11.2. The number of likely N-dealkylation sites (tertiary alicyclic amines) is 1. The largest absolute Gasteiger partial charge is 0.507 e. The van der Waals surface area contributed by atoms with Gasteiger partial charge in [-0.25, -0.2) is 0 Å². The van der Waals surface area contributed by atoms with Crippen LogP contribution in [0.5, 0.6) is 5.75 Å². The highest BCUT2D eigenvalue weighted by atomic mass is 16.5. The molecule has 170 valence electrons. The SMILES string of the molecule is COc1ccccc1/C(O)=C1\C(=O)C(=O)N(CCCN(C)C)C1c1ccc(C(C)C)cc1. The van der Waals surface area contributed by atoms with E-state index in [9.17, 15) is 14.7 Å². The predicted octanol–water partition coefficient (Wildman–Crippen LogP) is 4.19. The molecule has 0 spiro atoms. The van der Waals surface area contributed by atoms with E-state index in [1.165, 1.54) is 12.7 Å². The second kappa shape index (κ2) is 10.0. The summed E-state index contributed by atoms with van der Waals surface area (Å²) in [6.07, 6.45) is 0.718. The molecular weight excluding hydrogens is 404 g/mol. The second-order valence-electron chi connectivity index (χ2n) is 8.67. The molecule has 0 aliphatic carbocycles. The third-order valence-corrected chi connectivity index (χ3v) is 5.83. The Hall–Kier alpha value is -3.12. The standard InChI is InChI=1S/C26H32N2O4/c1-17(2)18-11-13-19(14-12-18)23-22(24(29)20-9-6-7-10-21(20)32-5)25(30)26(31)28(23)16-8-15-27(3)4/h6-7,9-14,17,23,29H,8,15-16H2,1-5H3/b24-22+. The molecule has 1 fully saturated rings. The lowest BCUT2D eigenvalue weighted by Crippen LogP contribution is -2.32. The summed E-state index contributed by atoms with van der Waals surface area (Å²) in [6, 6.07) is 14.2. The third kappa shape index (κ3) is 4.70. The molecular formula is C26H32N2O4.